The summed E-state index contributed by atoms with van der Waals surface area (Å²) in [6.07, 6.45) is 12.1. The molecule has 0 N–H and O–H groups in total. The maximum Gasteiger partial charge on any atom is 0.337 e. The highest BCUT2D eigenvalue weighted by Gasteiger charge is 2.30. The van der Waals surface area contributed by atoms with E-state index in [1.165, 1.54) is 39.2 Å². The highest BCUT2D eigenvalue weighted by atomic mass is 16.5. The molecule has 0 radical (unpaired) electrons. The zero-order valence-corrected chi connectivity index (χ0v) is 22.6. The number of methoxy groups -OCH3 is 1. The van der Waals surface area contributed by atoms with Gasteiger partial charge in [-0.1, -0.05) is 42.6 Å². The highest BCUT2D eigenvalue weighted by Crippen LogP contribution is 2.42. The van der Waals surface area contributed by atoms with Gasteiger partial charge in [-0.2, -0.15) is 0 Å². The lowest BCUT2D eigenvalue weighted by molar-refractivity contribution is 0.0600. The maximum atomic E-state index is 12.0. The molecule has 7 heteroatoms. The average molecular weight is 521 g/mol. The Morgan fingerprint density at radius 1 is 1.03 bits per heavy atom. The summed E-state index contributed by atoms with van der Waals surface area (Å²) in [5.41, 5.74) is 8.36. The summed E-state index contributed by atoms with van der Waals surface area (Å²) in [5.74, 6) is 0.902. The molecule has 0 saturated heterocycles. The minimum Gasteiger partial charge on any atom is -0.465 e. The summed E-state index contributed by atoms with van der Waals surface area (Å²) in [6.45, 7) is 3.90. The molecule has 4 heterocycles. The molecule has 4 aromatic heterocycles. The molecule has 0 bridgehead atoms. The topological polar surface area (TPSA) is 83.0 Å². The van der Waals surface area contributed by atoms with E-state index in [-0.39, 0.29) is 12.0 Å². The van der Waals surface area contributed by atoms with E-state index in [0.717, 1.165) is 50.4 Å². The lowest BCUT2D eigenvalue weighted by Gasteiger charge is -2.31. The van der Waals surface area contributed by atoms with Crippen LogP contribution in [0.3, 0.4) is 0 Å². The number of rotatable bonds is 6. The first kappa shape index (κ1) is 25.0. The standard InChI is InChI=1S/C32H32N4O3/c1-20-29(21(2)39-35-20)25-17-28-30(34-18-25)26(22-12-14-24(15-13-22)32(37)38-3)19-36(28)31(23-9-5-4-6-10-23)27-11-7-8-16-33-27/h7-8,11-19,23,31H,4-6,9-10H2,1-3H3. The number of pyridine rings is 2. The third kappa shape index (κ3) is 4.62. The minimum absolute atomic E-state index is 0.0822. The lowest BCUT2D eigenvalue weighted by Crippen LogP contribution is -2.23. The van der Waals surface area contributed by atoms with Gasteiger partial charge >= 0.3 is 5.97 Å². The number of hydrogen-bond acceptors (Lipinski definition) is 6. The zero-order chi connectivity index (χ0) is 26.9. The molecule has 0 amide bonds. The number of nitrogens with zero attached hydrogens (tertiary/aromatic N) is 4. The number of ether oxygens (including phenoxy) is 1. The summed E-state index contributed by atoms with van der Waals surface area (Å²) in [6, 6.07) is 16.0. The molecule has 1 aliphatic rings. The van der Waals surface area contributed by atoms with E-state index in [1.54, 1.807) is 12.1 Å². The maximum absolute atomic E-state index is 12.0. The normalized spacial score (nSPS) is 14.9. The molecule has 1 aliphatic carbocycles. The molecular formula is C32H32N4O3. The number of carbonyl (C=O) groups excluding carboxylic acids is 1. The van der Waals surface area contributed by atoms with Gasteiger partial charge in [-0.25, -0.2) is 4.79 Å². The molecule has 7 nitrogen and oxygen atoms in total. The van der Waals surface area contributed by atoms with E-state index in [9.17, 15) is 4.79 Å². The van der Waals surface area contributed by atoms with E-state index >= 15 is 0 Å². The van der Waals surface area contributed by atoms with E-state index in [4.69, 9.17) is 19.2 Å². The van der Waals surface area contributed by atoms with Gasteiger partial charge in [0.2, 0.25) is 0 Å². The average Bonchev–Trinajstić information content (AvgIpc) is 3.52. The monoisotopic (exact) mass is 520 g/mol. The van der Waals surface area contributed by atoms with Crippen molar-refractivity contribution in [3.8, 4) is 22.3 Å². The van der Waals surface area contributed by atoms with Crippen LogP contribution >= 0.6 is 0 Å². The largest absolute Gasteiger partial charge is 0.465 e. The molecular weight excluding hydrogens is 488 g/mol. The van der Waals surface area contributed by atoms with Gasteiger partial charge in [0.1, 0.15) is 5.76 Å². The molecule has 6 rings (SSSR count). The number of aryl methyl sites for hydroxylation is 2. The third-order valence-corrected chi connectivity index (χ3v) is 7.99. The van der Waals surface area contributed by atoms with E-state index in [1.807, 2.05) is 44.4 Å². The van der Waals surface area contributed by atoms with Crippen LogP contribution in [0.15, 0.2) is 71.6 Å². The SMILES string of the molecule is COC(=O)c1ccc(-c2cn(C(c3ccccn3)C3CCCCC3)c3cc(-c4c(C)noc4C)cnc23)cc1. The van der Waals surface area contributed by atoms with Gasteiger partial charge in [0.15, 0.2) is 0 Å². The summed E-state index contributed by atoms with van der Waals surface area (Å²) >= 11 is 0. The fraction of sp³-hybridized carbons (Fsp3) is 0.312. The van der Waals surface area contributed by atoms with Crippen LogP contribution in [0.2, 0.25) is 0 Å². The van der Waals surface area contributed by atoms with Crippen LogP contribution in [0, 0.1) is 19.8 Å². The van der Waals surface area contributed by atoms with Gasteiger partial charge in [-0.05, 0) is 68.5 Å². The van der Waals surface area contributed by atoms with Crippen molar-refractivity contribution in [1.82, 2.24) is 19.7 Å². The van der Waals surface area contributed by atoms with Crippen molar-refractivity contribution in [1.29, 1.82) is 0 Å². The van der Waals surface area contributed by atoms with Crippen molar-refractivity contribution >= 4 is 17.0 Å². The summed E-state index contributed by atoms with van der Waals surface area (Å²) < 4.78 is 12.8. The summed E-state index contributed by atoms with van der Waals surface area (Å²) in [5, 5.41) is 4.18. The van der Waals surface area contributed by atoms with Crippen LogP contribution in [0.1, 0.15) is 65.7 Å². The highest BCUT2D eigenvalue weighted by molar-refractivity contribution is 5.96. The number of hydrogen-bond donors (Lipinski definition) is 0. The first-order valence-electron chi connectivity index (χ1n) is 13.6. The van der Waals surface area contributed by atoms with E-state index < -0.39 is 0 Å². The minimum atomic E-state index is -0.348. The number of benzene rings is 1. The first-order valence-corrected chi connectivity index (χ1v) is 13.6. The first-order chi connectivity index (χ1) is 19.0. The molecule has 0 spiro atoms. The van der Waals surface area contributed by atoms with Crippen molar-refractivity contribution in [3.05, 3.63) is 89.8 Å². The van der Waals surface area contributed by atoms with Crippen molar-refractivity contribution < 1.29 is 14.1 Å². The quantitative estimate of drug-likeness (QED) is 0.218. The van der Waals surface area contributed by atoms with Gasteiger partial charge in [0.25, 0.3) is 0 Å². The Labute approximate surface area is 227 Å². The Hall–Kier alpha value is -4.26. The van der Waals surface area contributed by atoms with Crippen molar-refractivity contribution in [3.63, 3.8) is 0 Å². The number of aromatic nitrogens is 4. The summed E-state index contributed by atoms with van der Waals surface area (Å²) in [4.78, 5) is 21.9. The second-order valence-corrected chi connectivity index (χ2v) is 10.4. The smallest absolute Gasteiger partial charge is 0.337 e. The molecule has 1 atom stereocenters. The third-order valence-electron chi connectivity index (χ3n) is 7.99. The molecule has 0 aliphatic heterocycles. The van der Waals surface area contributed by atoms with Crippen LogP contribution in [0.4, 0.5) is 0 Å². The Balaban J connectivity index is 1.57. The van der Waals surface area contributed by atoms with Crippen LogP contribution in [0.25, 0.3) is 33.3 Å². The van der Waals surface area contributed by atoms with Crippen molar-refractivity contribution in [2.75, 3.05) is 7.11 Å². The van der Waals surface area contributed by atoms with Gasteiger partial charge in [0, 0.05) is 35.3 Å². The van der Waals surface area contributed by atoms with Crippen LogP contribution in [-0.2, 0) is 4.74 Å². The molecule has 39 heavy (non-hydrogen) atoms. The van der Waals surface area contributed by atoms with Crippen molar-refractivity contribution in [2.45, 2.75) is 52.0 Å². The molecule has 198 valence electrons. The Kier molecular flexibility index (Phi) is 6.73. The fourth-order valence-corrected chi connectivity index (χ4v) is 6.12. The number of fused-ring (bicyclic) bond motifs is 1. The number of carbonyl (C=O) groups is 1. The van der Waals surface area contributed by atoms with Gasteiger partial charge in [-0.15, -0.1) is 0 Å². The second-order valence-electron chi connectivity index (χ2n) is 10.4. The van der Waals surface area contributed by atoms with E-state index in [0.29, 0.717) is 11.5 Å². The van der Waals surface area contributed by atoms with Gasteiger partial charge < -0.3 is 13.8 Å². The summed E-state index contributed by atoms with van der Waals surface area (Å²) in [7, 11) is 1.40. The molecule has 5 aromatic rings. The van der Waals surface area contributed by atoms with Crippen LogP contribution in [-0.4, -0.2) is 32.8 Å². The molecule has 1 fully saturated rings. The van der Waals surface area contributed by atoms with E-state index in [2.05, 4.69) is 34.1 Å². The van der Waals surface area contributed by atoms with Crippen LogP contribution < -0.4 is 0 Å². The molecule has 1 unspecified atom stereocenters. The van der Waals surface area contributed by atoms with Crippen LogP contribution in [0.5, 0.6) is 0 Å². The Bertz CT molecular complexity index is 1590. The number of esters is 1. The lowest BCUT2D eigenvalue weighted by atomic mass is 9.82. The Morgan fingerprint density at radius 3 is 2.49 bits per heavy atom. The molecule has 1 aromatic carbocycles. The zero-order valence-electron chi connectivity index (χ0n) is 22.6. The van der Waals surface area contributed by atoms with Gasteiger partial charge in [-0.3, -0.25) is 9.97 Å². The van der Waals surface area contributed by atoms with Gasteiger partial charge in [0.05, 0.1) is 41.1 Å². The predicted molar refractivity (Wildman–Crippen MR) is 150 cm³/mol. The molecule has 1 saturated carbocycles. The predicted octanol–water partition coefficient (Wildman–Crippen LogP) is 7.33. The Morgan fingerprint density at radius 2 is 1.82 bits per heavy atom. The fourth-order valence-electron chi connectivity index (χ4n) is 6.12. The van der Waals surface area contributed by atoms with Crippen molar-refractivity contribution in [2.24, 2.45) is 5.92 Å². The second kappa shape index (κ2) is 10.5.